The summed E-state index contributed by atoms with van der Waals surface area (Å²) in [6, 6.07) is 6.11. The lowest BCUT2D eigenvalue weighted by molar-refractivity contribution is 0.354. The maximum Gasteiger partial charge on any atom is 0.161 e. The van der Waals surface area contributed by atoms with Crippen LogP contribution < -0.4 is 14.8 Å². The number of ether oxygens (including phenoxy) is 2. The monoisotopic (exact) mass is 295 g/mol. The van der Waals surface area contributed by atoms with Crippen LogP contribution in [0.4, 0.5) is 0 Å². The van der Waals surface area contributed by atoms with Crippen LogP contribution in [0.25, 0.3) is 0 Å². The normalized spacial score (nSPS) is 17.1. The molecule has 0 aliphatic heterocycles. The molecule has 20 heavy (non-hydrogen) atoms. The lowest BCUT2D eigenvalue weighted by atomic mass is 10.1. The van der Waals surface area contributed by atoms with Crippen LogP contribution in [0.1, 0.15) is 31.2 Å². The van der Waals surface area contributed by atoms with Crippen LogP contribution in [0, 0.1) is 0 Å². The number of thioether (sulfide) groups is 1. The largest absolute Gasteiger partial charge is 0.493 e. The van der Waals surface area contributed by atoms with Gasteiger partial charge in [0, 0.05) is 17.8 Å². The van der Waals surface area contributed by atoms with Crippen molar-refractivity contribution in [1.82, 2.24) is 5.32 Å². The third kappa shape index (κ3) is 3.61. The smallest absolute Gasteiger partial charge is 0.161 e. The summed E-state index contributed by atoms with van der Waals surface area (Å²) in [5.74, 6) is 1.58. The van der Waals surface area contributed by atoms with Crippen LogP contribution in [0.5, 0.6) is 11.5 Å². The van der Waals surface area contributed by atoms with E-state index in [0.29, 0.717) is 4.75 Å². The van der Waals surface area contributed by atoms with Gasteiger partial charge in [0.05, 0.1) is 14.2 Å². The molecule has 3 nitrogen and oxygen atoms in total. The zero-order chi connectivity index (χ0) is 14.4. The number of benzene rings is 1. The molecule has 0 saturated heterocycles. The Morgan fingerprint density at radius 3 is 2.45 bits per heavy atom. The SMILES string of the molecule is COc1ccc(CNCC2(SC)CCCC2)cc1OC. The summed E-state index contributed by atoms with van der Waals surface area (Å²) in [4.78, 5) is 0. The molecular formula is C16H25NO2S. The summed E-state index contributed by atoms with van der Waals surface area (Å²) in [6.07, 6.45) is 7.67. The van der Waals surface area contributed by atoms with Crippen LogP contribution in [0.3, 0.4) is 0 Å². The molecule has 0 aromatic heterocycles. The van der Waals surface area contributed by atoms with E-state index in [-0.39, 0.29) is 0 Å². The number of hydrogen-bond acceptors (Lipinski definition) is 4. The van der Waals surface area contributed by atoms with Gasteiger partial charge in [0.2, 0.25) is 0 Å². The predicted octanol–water partition coefficient (Wildman–Crippen LogP) is 3.47. The quantitative estimate of drug-likeness (QED) is 0.834. The third-order valence-corrected chi connectivity index (χ3v) is 5.59. The maximum atomic E-state index is 5.34. The second-order valence-corrected chi connectivity index (χ2v) is 6.66. The van der Waals surface area contributed by atoms with Crippen molar-refractivity contribution in [3.63, 3.8) is 0 Å². The Hall–Kier alpha value is -0.870. The van der Waals surface area contributed by atoms with Gasteiger partial charge in [-0.2, -0.15) is 11.8 Å². The van der Waals surface area contributed by atoms with Crippen LogP contribution in [0.2, 0.25) is 0 Å². The average molecular weight is 295 g/mol. The average Bonchev–Trinajstić information content (AvgIpc) is 2.96. The molecule has 1 aromatic rings. The van der Waals surface area contributed by atoms with Crippen molar-refractivity contribution >= 4 is 11.8 Å². The van der Waals surface area contributed by atoms with Gasteiger partial charge in [-0.05, 0) is 36.8 Å². The summed E-state index contributed by atoms with van der Waals surface area (Å²) in [6.45, 7) is 1.96. The molecule has 0 radical (unpaired) electrons. The maximum absolute atomic E-state index is 5.34. The van der Waals surface area contributed by atoms with Gasteiger partial charge in [-0.3, -0.25) is 0 Å². The second kappa shape index (κ2) is 7.23. The van der Waals surface area contributed by atoms with Crippen molar-refractivity contribution in [3.8, 4) is 11.5 Å². The molecule has 1 aromatic carbocycles. The van der Waals surface area contributed by atoms with Crippen molar-refractivity contribution < 1.29 is 9.47 Å². The summed E-state index contributed by atoms with van der Waals surface area (Å²) in [7, 11) is 3.34. The topological polar surface area (TPSA) is 30.5 Å². The molecule has 1 aliphatic rings. The van der Waals surface area contributed by atoms with Crippen LogP contribution in [0.15, 0.2) is 18.2 Å². The molecule has 1 aliphatic carbocycles. The summed E-state index contributed by atoms with van der Waals surface area (Å²) < 4.78 is 11.1. The van der Waals surface area contributed by atoms with Gasteiger partial charge in [0.1, 0.15) is 0 Å². The van der Waals surface area contributed by atoms with E-state index < -0.39 is 0 Å². The molecule has 4 heteroatoms. The van der Waals surface area contributed by atoms with E-state index in [9.17, 15) is 0 Å². The Labute approximate surface area is 126 Å². The van der Waals surface area contributed by atoms with Gasteiger partial charge in [0.15, 0.2) is 11.5 Å². The van der Waals surface area contributed by atoms with E-state index in [2.05, 4.69) is 17.6 Å². The Kier molecular flexibility index (Phi) is 5.61. The summed E-state index contributed by atoms with van der Waals surface area (Å²) in [5.41, 5.74) is 1.23. The fourth-order valence-corrected chi connectivity index (χ4v) is 3.84. The minimum absolute atomic E-state index is 0.455. The molecule has 0 atom stereocenters. The first-order valence-electron chi connectivity index (χ1n) is 7.20. The number of methoxy groups -OCH3 is 2. The molecular weight excluding hydrogens is 270 g/mol. The molecule has 0 unspecified atom stereocenters. The van der Waals surface area contributed by atoms with Crippen molar-refractivity contribution in [2.45, 2.75) is 37.0 Å². The Bertz CT molecular complexity index is 430. The van der Waals surface area contributed by atoms with E-state index >= 15 is 0 Å². The molecule has 112 valence electrons. The lowest BCUT2D eigenvalue weighted by Gasteiger charge is -2.27. The van der Waals surface area contributed by atoms with E-state index in [1.807, 2.05) is 23.9 Å². The Morgan fingerprint density at radius 1 is 1.15 bits per heavy atom. The van der Waals surface area contributed by atoms with Crippen molar-refractivity contribution in [3.05, 3.63) is 23.8 Å². The standard InChI is InChI=1S/C16H25NO2S/c1-18-14-7-6-13(10-15(14)19-2)11-17-12-16(20-3)8-4-5-9-16/h6-7,10,17H,4-5,8-9,11-12H2,1-3H3. The van der Waals surface area contributed by atoms with Gasteiger partial charge in [0.25, 0.3) is 0 Å². The zero-order valence-electron chi connectivity index (χ0n) is 12.7. The Balaban J connectivity index is 1.90. The van der Waals surface area contributed by atoms with Gasteiger partial charge in [-0.15, -0.1) is 0 Å². The fourth-order valence-electron chi connectivity index (χ4n) is 2.90. The first kappa shape index (κ1) is 15.5. The summed E-state index contributed by atoms with van der Waals surface area (Å²) >= 11 is 2.02. The van der Waals surface area contributed by atoms with Crippen molar-refractivity contribution in [1.29, 1.82) is 0 Å². The molecule has 0 spiro atoms. The molecule has 1 saturated carbocycles. The van der Waals surface area contributed by atoms with E-state index in [4.69, 9.17) is 9.47 Å². The van der Waals surface area contributed by atoms with E-state index in [1.165, 1.54) is 31.2 Å². The van der Waals surface area contributed by atoms with Gasteiger partial charge >= 0.3 is 0 Å². The van der Waals surface area contributed by atoms with Crippen molar-refractivity contribution in [2.75, 3.05) is 27.0 Å². The van der Waals surface area contributed by atoms with Crippen LogP contribution in [-0.2, 0) is 6.54 Å². The zero-order valence-corrected chi connectivity index (χ0v) is 13.5. The first-order valence-corrected chi connectivity index (χ1v) is 8.42. The Morgan fingerprint density at radius 2 is 1.85 bits per heavy atom. The van der Waals surface area contributed by atoms with E-state index in [1.54, 1.807) is 14.2 Å². The highest BCUT2D eigenvalue weighted by Crippen LogP contribution is 2.39. The minimum Gasteiger partial charge on any atom is -0.493 e. The predicted molar refractivity (Wildman–Crippen MR) is 86.0 cm³/mol. The molecule has 0 bridgehead atoms. The number of nitrogens with one attached hydrogen (secondary N) is 1. The lowest BCUT2D eigenvalue weighted by Crippen LogP contribution is -2.34. The fraction of sp³-hybridized carbons (Fsp3) is 0.625. The van der Waals surface area contributed by atoms with Crippen LogP contribution >= 0.6 is 11.8 Å². The van der Waals surface area contributed by atoms with Crippen molar-refractivity contribution in [2.24, 2.45) is 0 Å². The highest BCUT2D eigenvalue weighted by molar-refractivity contribution is 8.00. The summed E-state index contributed by atoms with van der Waals surface area (Å²) in [5, 5.41) is 3.61. The molecule has 0 heterocycles. The van der Waals surface area contributed by atoms with E-state index in [0.717, 1.165) is 24.6 Å². The number of hydrogen-bond donors (Lipinski definition) is 1. The highest BCUT2D eigenvalue weighted by Gasteiger charge is 2.32. The van der Waals surface area contributed by atoms with Gasteiger partial charge in [-0.1, -0.05) is 18.9 Å². The van der Waals surface area contributed by atoms with Gasteiger partial charge < -0.3 is 14.8 Å². The second-order valence-electron chi connectivity index (χ2n) is 5.39. The third-order valence-electron chi connectivity index (χ3n) is 4.17. The molecule has 1 N–H and O–H groups in total. The number of rotatable bonds is 7. The molecule has 2 rings (SSSR count). The first-order chi connectivity index (χ1) is 9.73. The minimum atomic E-state index is 0.455. The molecule has 1 fully saturated rings. The highest BCUT2D eigenvalue weighted by atomic mass is 32.2. The van der Waals surface area contributed by atoms with Crippen LogP contribution in [-0.4, -0.2) is 31.8 Å². The van der Waals surface area contributed by atoms with Gasteiger partial charge in [-0.25, -0.2) is 0 Å². The molecule has 0 amide bonds.